The minimum atomic E-state index is -0.156. The van der Waals surface area contributed by atoms with Crippen molar-refractivity contribution in [1.82, 2.24) is 14.5 Å². The molecule has 0 atom stereocenters. The van der Waals surface area contributed by atoms with Crippen LogP contribution < -0.4 is 5.56 Å². The fourth-order valence-corrected chi connectivity index (χ4v) is 2.68. The highest BCUT2D eigenvalue weighted by Crippen LogP contribution is 2.20. The predicted octanol–water partition coefficient (Wildman–Crippen LogP) is 3.75. The van der Waals surface area contributed by atoms with E-state index < -0.39 is 0 Å². The molecule has 4 aromatic rings. The van der Waals surface area contributed by atoms with E-state index in [-0.39, 0.29) is 12.1 Å². The van der Waals surface area contributed by atoms with Gasteiger partial charge in [0, 0.05) is 10.6 Å². The average Bonchev–Trinajstić information content (AvgIpc) is 3.07. The summed E-state index contributed by atoms with van der Waals surface area (Å²) < 4.78 is 7.21. The Labute approximate surface area is 142 Å². The Morgan fingerprint density at radius 1 is 1.08 bits per heavy atom. The van der Waals surface area contributed by atoms with Crippen molar-refractivity contribution in [1.29, 1.82) is 0 Å². The lowest BCUT2D eigenvalue weighted by molar-refractivity contribution is 0.484. The standard InChI is InChI=1S/C18H12ClN3O2/c19-13-6-7-14-15(8-13)21-11-22(18(14)23)10-17-20-9-16(24-17)12-4-2-1-3-5-12/h1-9,11H,10H2. The highest BCUT2D eigenvalue weighted by atomic mass is 35.5. The van der Waals surface area contributed by atoms with Crippen LogP contribution in [0.4, 0.5) is 0 Å². The van der Waals surface area contributed by atoms with E-state index in [1.165, 1.54) is 10.9 Å². The Bertz CT molecular complexity index is 1070. The molecule has 6 heteroatoms. The van der Waals surface area contributed by atoms with Crippen LogP contribution in [0.25, 0.3) is 22.2 Å². The maximum Gasteiger partial charge on any atom is 0.261 e. The zero-order valence-electron chi connectivity index (χ0n) is 12.5. The van der Waals surface area contributed by atoms with E-state index in [0.29, 0.717) is 27.6 Å². The molecule has 0 aliphatic heterocycles. The molecule has 24 heavy (non-hydrogen) atoms. The van der Waals surface area contributed by atoms with Gasteiger partial charge < -0.3 is 4.42 Å². The van der Waals surface area contributed by atoms with Gasteiger partial charge in [0.15, 0.2) is 5.76 Å². The molecule has 0 aliphatic carbocycles. The predicted molar refractivity (Wildman–Crippen MR) is 92.1 cm³/mol. The van der Waals surface area contributed by atoms with Gasteiger partial charge in [0.1, 0.15) is 6.54 Å². The summed E-state index contributed by atoms with van der Waals surface area (Å²) in [5.74, 6) is 1.12. The number of oxazole rings is 1. The molecule has 5 nitrogen and oxygen atoms in total. The molecular formula is C18H12ClN3O2. The molecule has 0 aliphatic rings. The number of fused-ring (bicyclic) bond motifs is 1. The second kappa shape index (κ2) is 5.94. The molecule has 0 unspecified atom stereocenters. The minimum Gasteiger partial charge on any atom is -0.439 e. The molecule has 0 saturated carbocycles. The second-order valence-electron chi connectivity index (χ2n) is 5.32. The van der Waals surface area contributed by atoms with Gasteiger partial charge in [-0.05, 0) is 18.2 Å². The van der Waals surface area contributed by atoms with Crippen LogP contribution in [-0.2, 0) is 6.54 Å². The minimum absolute atomic E-state index is 0.156. The van der Waals surface area contributed by atoms with Crippen LogP contribution in [0.1, 0.15) is 5.89 Å². The Kier molecular flexibility index (Phi) is 3.63. The molecule has 2 aromatic heterocycles. The quantitative estimate of drug-likeness (QED) is 0.571. The third-order valence-electron chi connectivity index (χ3n) is 3.70. The highest BCUT2D eigenvalue weighted by Gasteiger charge is 2.10. The molecule has 0 radical (unpaired) electrons. The van der Waals surface area contributed by atoms with Gasteiger partial charge in [-0.15, -0.1) is 0 Å². The number of aromatic nitrogens is 3. The Morgan fingerprint density at radius 2 is 1.92 bits per heavy atom. The second-order valence-corrected chi connectivity index (χ2v) is 5.76. The van der Waals surface area contributed by atoms with Crippen LogP contribution in [0.15, 0.2) is 70.3 Å². The van der Waals surface area contributed by atoms with Gasteiger partial charge >= 0.3 is 0 Å². The van der Waals surface area contributed by atoms with Crippen molar-refractivity contribution >= 4 is 22.5 Å². The van der Waals surface area contributed by atoms with E-state index in [1.807, 2.05) is 30.3 Å². The first-order valence-corrected chi connectivity index (χ1v) is 7.73. The lowest BCUT2D eigenvalue weighted by atomic mass is 10.2. The Balaban J connectivity index is 1.68. The van der Waals surface area contributed by atoms with E-state index >= 15 is 0 Å². The maximum absolute atomic E-state index is 12.5. The lowest BCUT2D eigenvalue weighted by Gasteiger charge is -2.04. The summed E-state index contributed by atoms with van der Waals surface area (Å²) in [6, 6.07) is 14.7. The molecule has 0 amide bonds. The molecule has 0 spiro atoms. The van der Waals surface area contributed by atoms with E-state index in [0.717, 1.165) is 5.56 Å². The Morgan fingerprint density at radius 3 is 2.75 bits per heavy atom. The first-order chi connectivity index (χ1) is 11.7. The fraction of sp³-hybridized carbons (Fsp3) is 0.0556. The molecule has 4 rings (SSSR count). The zero-order chi connectivity index (χ0) is 16.5. The van der Waals surface area contributed by atoms with Gasteiger partial charge in [-0.25, -0.2) is 9.97 Å². The highest BCUT2D eigenvalue weighted by molar-refractivity contribution is 6.31. The fourth-order valence-electron chi connectivity index (χ4n) is 2.51. The number of hydrogen-bond acceptors (Lipinski definition) is 4. The van der Waals surface area contributed by atoms with Crippen molar-refractivity contribution in [3.63, 3.8) is 0 Å². The van der Waals surface area contributed by atoms with Crippen molar-refractivity contribution in [3.05, 3.63) is 82.3 Å². The van der Waals surface area contributed by atoms with Crippen LogP contribution in [0, 0.1) is 0 Å². The van der Waals surface area contributed by atoms with Crippen molar-refractivity contribution < 1.29 is 4.42 Å². The van der Waals surface area contributed by atoms with E-state index in [1.54, 1.807) is 24.4 Å². The number of benzene rings is 2. The zero-order valence-corrected chi connectivity index (χ0v) is 13.3. The van der Waals surface area contributed by atoms with Crippen LogP contribution in [-0.4, -0.2) is 14.5 Å². The average molecular weight is 338 g/mol. The van der Waals surface area contributed by atoms with Crippen LogP contribution >= 0.6 is 11.6 Å². The number of halogens is 1. The van der Waals surface area contributed by atoms with E-state index in [4.69, 9.17) is 16.0 Å². The maximum atomic E-state index is 12.5. The summed E-state index contributed by atoms with van der Waals surface area (Å²) in [4.78, 5) is 21.1. The number of rotatable bonds is 3. The molecule has 2 aromatic carbocycles. The molecule has 0 bridgehead atoms. The first kappa shape index (κ1) is 14.7. The van der Waals surface area contributed by atoms with Crippen molar-refractivity contribution in [3.8, 4) is 11.3 Å². The molecule has 0 saturated heterocycles. The summed E-state index contributed by atoms with van der Waals surface area (Å²) in [7, 11) is 0. The number of hydrogen-bond donors (Lipinski definition) is 0. The molecule has 0 fully saturated rings. The number of nitrogens with zero attached hydrogens (tertiary/aromatic N) is 3. The third-order valence-corrected chi connectivity index (χ3v) is 3.94. The van der Waals surface area contributed by atoms with Crippen molar-refractivity contribution in [2.24, 2.45) is 0 Å². The summed E-state index contributed by atoms with van der Waals surface area (Å²) in [5, 5.41) is 1.06. The Hall–Kier alpha value is -2.92. The monoisotopic (exact) mass is 337 g/mol. The van der Waals surface area contributed by atoms with Gasteiger partial charge in [0.25, 0.3) is 5.56 Å². The van der Waals surface area contributed by atoms with Crippen molar-refractivity contribution in [2.45, 2.75) is 6.54 Å². The SMILES string of the molecule is O=c1c2ccc(Cl)cc2ncn1Cc1ncc(-c2ccccc2)o1. The largest absolute Gasteiger partial charge is 0.439 e. The molecule has 118 valence electrons. The van der Waals surface area contributed by atoms with E-state index in [9.17, 15) is 4.79 Å². The molecule has 2 heterocycles. The van der Waals surface area contributed by atoms with Crippen LogP contribution in [0.3, 0.4) is 0 Å². The van der Waals surface area contributed by atoms with E-state index in [2.05, 4.69) is 9.97 Å². The summed E-state index contributed by atoms with van der Waals surface area (Å²) in [6.07, 6.45) is 3.14. The van der Waals surface area contributed by atoms with Gasteiger partial charge in [0.2, 0.25) is 5.89 Å². The lowest BCUT2D eigenvalue weighted by Crippen LogP contribution is -2.21. The topological polar surface area (TPSA) is 60.9 Å². The first-order valence-electron chi connectivity index (χ1n) is 7.35. The van der Waals surface area contributed by atoms with Gasteiger partial charge in [-0.2, -0.15) is 0 Å². The van der Waals surface area contributed by atoms with Crippen LogP contribution in [0.5, 0.6) is 0 Å². The summed E-state index contributed by atoms with van der Waals surface area (Å²) in [6.45, 7) is 0.219. The summed E-state index contributed by atoms with van der Waals surface area (Å²) in [5.41, 5.74) is 1.35. The van der Waals surface area contributed by atoms with Crippen LogP contribution in [0.2, 0.25) is 5.02 Å². The van der Waals surface area contributed by atoms with Gasteiger partial charge in [0.05, 0.1) is 23.4 Å². The smallest absolute Gasteiger partial charge is 0.261 e. The normalized spacial score (nSPS) is 11.0. The molecule has 0 N–H and O–H groups in total. The summed E-state index contributed by atoms with van der Waals surface area (Å²) >= 11 is 5.93. The van der Waals surface area contributed by atoms with Gasteiger partial charge in [-0.1, -0.05) is 41.9 Å². The van der Waals surface area contributed by atoms with Gasteiger partial charge in [-0.3, -0.25) is 9.36 Å². The third kappa shape index (κ3) is 2.70. The van der Waals surface area contributed by atoms with Crippen molar-refractivity contribution in [2.75, 3.05) is 0 Å². The molecular weight excluding hydrogens is 326 g/mol.